The molecule has 0 spiro atoms. The Kier molecular flexibility index (Phi) is 4.58. The Hall–Kier alpha value is -2.86. The van der Waals surface area contributed by atoms with Crippen LogP contribution in [0.15, 0.2) is 65.4 Å². The molecule has 5 nitrogen and oxygen atoms in total. The summed E-state index contributed by atoms with van der Waals surface area (Å²) in [5, 5.41) is 2.86. The van der Waals surface area contributed by atoms with Crippen LogP contribution in [0.4, 0.5) is 4.39 Å². The fraction of sp³-hybridized carbons (Fsp3) is 0.250. The summed E-state index contributed by atoms with van der Waals surface area (Å²) in [5.41, 5.74) is 1.59. The van der Waals surface area contributed by atoms with Gasteiger partial charge < -0.3 is 14.3 Å². The molecule has 1 aliphatic rings. The Morgan fingerprint density at radius 1 is 1.15 bits per heavy atom. The van der Waals surface area contributed by atoms with E-state index in [0.29, 0.717) is 24.4 Å². The number of hydrogen-bond donors (Lipinski definition) is 1. The highest BCUT2D eigenvalue weighted by atomic mass is 19.1. The standard InChI is InChI=1S/C20H20FN3O2/c21-17-7-2-1-6-16(17)20-18-8-3-9-23(18)10-11-24(20)14-19(25)22-13-15-5-4-12-26-15/h1-9,12,20H,10-11,13-14H2,(H,22,25). The van der Waals surface area contributed by atoms with Crippen molar-refractivity contribution in [3.63, 3.8) is 0 Å². The fourth-order valence-electron chi connectivity index (χ4n) is 3.49. The van der Waals surface area contributed by atoms with E-state index in [1.807, 2.05) is 35.4 Å². The summed E-state index contributed by atoms with van der Waals surface area (Å²) >= 11 is 0. The van der Waals surface area contributed by atoms with Crippen LogP contribution in [-0.2, 0) is 17.9 Å². The highest BCUT2D eigenvalue weighted by Gasteiger charge is 2.31. The number of nitrogens with one attached hydrogen (secondary N) is 1. The molecule has 4 rings (SSSR count). The van der Waals surface area contributed by atoms with Gasteiger partial charge in [-0.2, -0.15) is 0 Å². The first kappa shape index (κ1) is 16.6. The number of aromatic nitrogens is 1. The van der Waals surface area contributed by atoms with Gasteiger partial charge in [0.1, 0.15) is 11.6 Å². The lowest BCUT2D eigenvalue weighted by atomic mass is 9.99. The van der Waals surface area contributed by atoms with Gasteiger partial charge in [0, 0.05) is 30.5 Å². The van der Waals surface area contributed by atoms with Crippen LogP contribution in [0.5, 0.6) is 0 Å². The van der Waals surface area contributed by atoms with E-state index in [1.165, 1.54) is 6.07 Å². The zero-order chi connectivity index (χ0) is 17.9. The monoisotopic (exact) mass is 353 g/mol. The van der Waals surface area contributed by atoms with Crippen LogP contribution in [0, 0.1) is 5.82 Å². The lowest BCUT2D eigenvalue weighted by Crippen LogP contribution is -2.44. The average molecular weight is 353 g/mol. The minimum absolute atomic E-state index is 0.109. The van der Waals surface area contributed by atoms with Crippen molar-refractivity contribution >= 4 is 5.91 Å². The molecule has 1 atom stereocenters. The van der Waals surface area contributed by atoms with Crippen LogP contribution >= 0.6 is 0 Å². The first-order chi connectivity index (χ1) is 12.7. The van der Waals surface area contributed by atoms with Crippen LogP contribution in [0.3, 0.4) is 0 Å². The van der Waals surface area contributed by atoms with Crippen molar-refractivity contribution < 1.29 is 13.6 Å². The quantitative estimate of drug-likeness (QED) is 0.767. The van der Waals surface area contributed by atoms with Gasteiger partial charge >= 0.3 is 0 Å². The van der Waals surface area contributed by atoms with Gasteiger partial charge in [-0.25, -0.2) is 4.39 Å². The number of furan rings is 1. The van der Waals surface area contributed by atoms with Crippen LogP contribution in [0.1, 0.15) is 23.1 Å². The predicted octanol–water partition coefficient (Wildman–Crippen LogP) is 2.94. The maximum atomic E-state index is 14.5. The molecule has 0 aliphatic carbocycles. The van der Waals surface area contributed by atoms with Gasteiger partial charge in [-0.3, -0.25) is 9.69 Å². The molecule has 1 unspecified atom stereocenters. The van der Waals surface area contributed by atoms with Crippen LogP contribution < -0.4 is 5.32 Å². The molecule has 0 fully saturated rings. The molecule has 134 valence electrons. The van der Waals surface area contributed by atoms with Crippen molar-refractivity contribution in [1.29, 1.82) is 0 Å². The molecular formula is C20H20FN3O2. The maximum absolute atomic E-state index is 14.5. The lowest BCUT2D eigenvalue weighted by Gasteiger charge is -2.37. The number of carbonyl (C=O) groups is 1. The number of halogens is 1. The van der Waals surface area contributed by atoms with E-state index in [0.717, 1.165) is 12.2 Å². The second-order valence-electron chi connectivity index (χ2n) is 6.38. The Bertz CT molecular complexity index is 888. The van der Waals surface area contributed by atoms with Crippen molar-refractivity contribution in [3.8, 4) is 0 Å². The molecular weight excluding hydrogens is 333 g/mol. The van der Waals surface area contributed by atoms with E-state index in [1.54, 1.807) is 24.5 Å². The second kappa shape index (κ2) is 7.17. The molecule has 0 saturated carbocycles. The van der Waals surface area contributed by atoms with Gasteiger partial charge in [0.25, 0.3) is 0 Å². The fourth-order valence-corrected chi connectivity index (χ4v) is 3.49. The van der Waals surface area contributed by atoms with Gasteiger partial charge in [-0.05, 0) is 30.3 Å². The minimum atomic E-state index is -0.283. The molecule has 1 N–H and O–H groups in total. The van der Waals surface area contributed by atoms with E-state index >= 15 is 0 Å². The molecule has 26 heavy (non-hydrogen) atoms. The predicted molar refractivity (Wildman–Crippen MR) is 94.8 cm³/mol. The van der Waals surface area contributed by atoms with E-state index in [4.69, 9.17) is 4.42 Å². The lowest BCUT2D eigenvalue weighted by molar-refractivity contribution is -0.123. The highest BCUT2D eigenvalue weighted by molar-refractivity contribution is 5.78. The third-order valence-corrected chi connectivity index (χ3v) is 4.72. The van der Waals surface area contributed by atoms with Crippen LogP contribution in [0.25, 0.3) is 0 Å². The van der Waals surface area contributed by atoms with E-state index in [-0.39, 0.29) is 24.3 Å². The molecule has 2 aromatic heterocycles. The summed E-state index contributed by atoms with van der Waals surface area (Å²) in [7, 11) is 0. The Morgan fingerprint density at radius 2 is 2.04 bits per heavy atom. The number of fused-ring (bicyclic) bond motifs is 1. The second-order valence-corrected chi connectivity index (χ2v) is 6.38. The van der Waals surface area contributed by atoms with Crippen molar-refractivity contribution in [3.05, 3.63) is 83.8 Å². The Morgan fingerprint density at radius 3 is 2.85 bits per heavy atom. The molecule has 0 bridgehead atoms. The van der Waals surface area contributed by atoms with Crippen molar-refractivity contribution in [2.45, 2.75) is 19.1 Å². The SMILES string of the molecule is O=C(CN1CCn2cccc2C1c1ccccc1F)NCc1ccco1. The first-order valence-electron chi connectivity index (χ1n) is 8.65. The van der Waals surface area contributed by atoms with E-state index in [2.05, 4.69) is 9.88 Å². The largest absolute Gasteiger partial charge is 0.467 e. The van der Waals surface area contributed by atoms with Gasteiger partial charge in [-0.15, -0.1) is 0 Å². The number of carbonyl (C=O) groups excluding carboxylic acids is 1. The third kappa shape index (κ3) is 3.28. The molecule has 1 amide bonds. The number of hydrogen-bond acceptors (Lipinski definition) is 3. The van der Waals surface area contributed by atoms with Gasteiger partial charge in [-0.1, -0.05) is 18.2 Å². The van der Waals surface area contributed by atoms with Crippen molar-refractivity contribution in [1.82, 2.24) is 14.8 Å². The van der Waals surface area contributed by atoms with Crippen molar-refractivity contribution in [2.75, 3.05) is 13.1 Å². The van der Waals surface area contributed by atoms with E-state index in [9.17, 15) is 9.18 Å². The number of amides is 1. The smallest absolute Gasteiger partial charge is 0.234 e. The third-order valence-electron chi connectivity index (χ3n) is 4.72. The minimum Gasteiger partial charge on any atom is -0.467 e. The van der Waals surface area contributed by atoms with Gasteiger partial charge in [0.15, 0.2) is 0 Å². The molecule has 1 aliphatic heterocycles. The van der Waals surface area contributed by atoms with Gasteiger partial charge in [0.2, 0.25) is 5.91 Å². The average Bonchev–Trinajstić information content (AvgIpc) is 3.32. The Balaban J connectivity index is 1.54. The van der Waals surface area contributed by atoms with Crippen LogP contribution in [-0.4, -0.2) is 28.5 Å². The molecule has 1 aromatic carbocycles. The first-order valence-corrected chi connectivity index (χ1v) is 8.65. The molecule has 6 heteroatoms. The summed E-state index contributed by atoms with van der Waals surface area (Å²) in [6.45, 7) is 2.00. The van der Waals surface area contributed by atoms with E-state index < -0.39 is 0 Å². The number of rotatable bonds is 5. The van der Waals surface area contributed by atoms with Crippen molar-refractivity contribution in [2.24, 2.45) is 0 Å². The number of benzene rings is 1. The normalized spacial score (nSPS) is 17.0. The topological polar surface area (TPSA) is 50.4 Å². The van der Waals surface area contributed by atoms with Crippen LogP contribution in [0.2, 0.25) is 0 Å². The molecule has 0 radical (unpaired) electrons. The zero-order valence-corrected chi connectivity index (χ0v) is 14.3. The number of nitrogens with zero attached hydrogens (tertiary/aromatic N) is 2. The zero-order valence-electron chi connectivity index (χ0n) is 14.3. The summed E-state index contributed by atoms with van der Waals surface area (Å²) in [6.07, 6.45) is 3.58. The highest BCUT2D eigenvalue weighted by Crippen LogP contribution is 2.33. The maximum Gasteiger partial charge on any atom is 0.234 e. The van der Waals surface area contributed by atoms with Gasteiger partial charge in [0.05, 0.1) is 25.4 Å². The summed E-state index contributed by atoms with van der Waals surface area (Å²) in [4.78, 5) is 14.4. The summed E-state index contributed by atoms with van der Waals surface area (Å²) in [5.74, 6) is 0.340. The molecule has 0 saturated heterocycles. The summed E-state index contributed by atoms with van der Waals surface area (Å²) < 4.78 is 21.8. The molecule has 3 aromatic rings. The molecule has 3 heterocycles. The Labute approximate surface area is 151 Å². The summed E-state index contributed by atoms with van der Waals surface area (Å²) in [6, 6.07) is 14.0.